The SMILES string of the molecule is CCC(CC)(C(=O)O)S(=O)(=O)Cc1cccc(F)c1. The Labute approximate surface area is 112 Å². The quantitative estimate of drug-likeness (QED) is 0.872. The third kappa shape index (κ3) is 2.94. The Bertz CT molecular complexity index is 562. The zero-order valence-electron chi connectivity index (χ0n) is 10.9. The van der Waals surface area contributed by atoms with Crippen LogP contribution in [-0.4, -0.2) is 24.2 Å². The number of benzene rings is 1. The zero-order valence-corrected chi connectivity index (χ0v) is 11.7. The van der Waals surface area contributed by atoms with E-state index in [1.807, 2.05) is 0 Å². The summed E-state index contributed by atoms with van der Waals surface area (Å²) in [5, 5.41) is 9.24. The lowest BCUT2D eigenvalue weighted by Crippen LogP contribution is -2.46. The molecule has 6 heteroatoms. The van der Waals surface area contributed by atoms with Gasteiger partial charge in [0.15, 0.2) is 14.6 Å². The van der Waals surface area contributed by atoms with E-state index in [1.54, 1.807) is 0 Å². The van der Waals surface area contributed by atoms with E-state index in [2.05, 4.69) is 0 Å². The van der Waals surface area contributed by atoms with E-state index in [0.717, 1.165) is 6.07 Å². The van der Waals surface area contributed by atoms with Gasteiger partial charge in [0.2, 0.25) is 0 Å². The number of halogens is 1. The maximum atomic E-state index is 13.1. The van der Waals surface area contributed by atoms with E-state index in [4.69, 9.17) is 0 Å². The van der Waals surface area contributed by atoms with E-state index in [9.17, 15) is 22.7 Å². The molecule has 0 radical (unpaired) electrons. The molecule has 0 atom stereocenters. The summed E-state index contributed by atoms with van der Waals surface area (Å²) in [6, 6.07) is 5.19. The molecule has 0 fully saturated rings. The maximum Gasteiger partial charge on any atom is 0.325 e. The van der Waals surface area contributed by atoms with Gasteiger partial charge < -0.3 is 5.11 Å². The van der Waals surface area contributed by atoms with Gasteiger partial charge in [-0.1, -0.05) is 26.0 Å². The van der Waals surface area contributed by atoms with Gasteiger partial charge in [0.1, 0.15) is 5.82 Å². The van der Waals surface area contributed by atoms with Gasteiger partial charge in [0.25, 0.3) is 0 Å². The van der Waals surface area contributed by atoms with Crippen LogP contribution < -0.4 is 0 Å². The molecule has 106 valence electrons. The van der Waals surface area contributed by atoms with Crippen LogP contribution in [0.15, 0.2) is 24.3 Å². The second-order valence-corrected chi connectivity index (χ2v) is 6.70. The Morgan fingerprint density at radius 2 is 1.89 bits per heavy atom. The van der Waals surface area contributed by atoms with Gasteiger partial charge in [0.05, 0.1) is 5.75 Å². The summed E-state index contributed by atoms with van der Waals surface area (Å²) in [4.78, 5) is 11.3. The summed E-state index contributed by atoms with van der Waals surface area (Å²) in [7, 11) is -3.92. The third-order valence-electron chi connectivity index (χ3n) is 3.37. The van der Waals surface area contributed by atoms with Gasteiger partial charge in [-0.15, -0.1) is 0 Å². The molecular formula is C13H17FO4S. The Morgan fingerprint density at radius 3 is 2.32 bits per heavy atom. The lowest BCUT2D eigenvalue weighted by molar-refractivity contribution is -0.140. The van der Waals surface area contributed by atoms with Gasteiger partial charge in [0, 0.05) is 0 Å². The average Bonchev–Trinajstić information content (AvgIpc) is 2.29. The van der Waals surface area contributed by atoms with Gasteiger partial charge in [-0.3, -0.25) is 4.79 Å². The van der Waals surface area contributed by atoms with Crippen LogP contribution in [-0.2, 0) is 20.4 Å². The van der Waals surface area contributed by atoms with E-state index in [-0.39, 0.29) is 18.4 Å². The molecular weight excluding hydrogens is 271 g/mol. The van der Waals surface area contributed by atoms with Crippen molar-refractivity contribution in [3.8, 4) is 0 Å². The van der Waals surface area contributed by atoms with E-state index in [1.165, 1.54) is 32.0 Å². The molecule has 4 nitrogen and oxygen atoms in total. The first-order valence-electron chi connectivity index (χ1n) is 5.99. The van der Waals surface area contributed by atoms with Crippen LogP contribution in [0, 0.1) is 5.82 Å². The largest absolute Gasteiger partial charge is 0.480 e. The maximum absolute atomic E-state index is 13.1. The normalized spacial score (nSPS) is 12.4. The predicted octanol–water partition coefficient (Wildman–Crippen LogP) is 2.38. The highest BCUT2D eigenvalue weighted by Gasteiger charge is 2.47. The second-order valence-electron chi connectivity index (χ2n) is 4.40. The molecule has 0 spiro atoms. The summed E-state index contributed by atoms with van der Waals surface area (Å²) in [6.45, 7) is 3.06. The summed E-state index contributed by atoms with van der Waals surface area (Å²) in [5.74, 6) is -2.37. The van der Waals surface area contributed by atoms with Crippen molar-refractivity contribution in [1.82, 2.24) is 0 Å². The lowest BCUT2D eigenvalue weighted by Gasteiger charge is -2.26. The highest BCUT2D eigenvalue weighted by atomic mass is 32.2. The molecule has 0 aliphatic rings. The Balaban J connectivity index is 3.20. The molecule has 0 unspecified atom stereocenters. The van der Waals surface area contributed by atoms with Crippen molar-refractivity contribution in [2.24, 2.45) is 0 Å². The molecule has 0 aliphatic heterocycles. The van der Waals surface area contributed by atoms with E-state index >= 15 is 0 Å². The summed E-state index contributed by atoms with van der Waals surface area (Å²) >= 11 is 0. The number of hydrogen-bond acceptors (Lipinski definition) is 3. The van der Waals surface area contributed by atoms with Crippen molar-refractivity contribution in [2.45, 2.75) is 37.2 Å². The highest BCUT2D eigenvalue weighted by molar-refractivity contribution is 7.92. The predicted molar refractivity (Wildman–Crippen MR) is 70.0 cm³/mol. The zero-order chi connectivity index (χ0) is 14.7. The van der Waals surface area contributed by atoms with E-state index < -0.39 is 32.1 Å². The average molecular weight is 288 g/mol. The van der Waals surface area contributed by atoms with Crippen LogP contribution in [0.25, 0.3) is 0 Å². The molecule has 0 saturated carbocycles. The van der Waals surface area contributed by atoms with Gasteiger partial charge in [-0.2, -0.15) is 0 Å². The van der Waals surface area contributed by atoms with Crippen LogP contribution in [0.4, 0.5) is 4.39 Å². The van der Waals surface area contributed by atoms with Crippen LogP contribution in [0.2, 0.25) is 0 Å². The molecule has 0 aliphatic carbocycles. The van der Waals surface area contributed by atoms with Gasteiger partial charge >= 0.3 is 5.97 Å². The topological polar surface area (TPSA) is 71.4 Å². The Kier molecular flexibility index (Phi) is 4.68. The molecule has 0 bridgehead atoms. The monoisotopic (exact) mass is 288 g/mol. The first-order valence-corrected chi connectivity index (χ1v) is 7.64. The van der Waals surface area contributed by atoms with Gasteiger partial charge in [-0.25, -0.2) is 12.8 Å². The fourth-order valence-corrected chi connectivity index (χ4v) is 4.15. The van der Waals surface area contributed by atoms with Crippen molar-refractivity contribution < 1.29 is 22.7 Å². The third-order valence-corrected chi connectivity index (χ3v) is 6.03. The first kappa shape index (κ1) is 15.6. The second kappa shape index (κ2) is 5.69. The number of carbonyl (C=O) groups is 1. The summed E-state index contributed by atoms with van der Waals surface area (Å²) < 4.78 is 35.9. The molecule has 19 heavy (non-hydrogen) atoms. The fraction of sp³-hybridized carbons (Fsp3) is 0.462. The standard InChI is InChI=1S/C13H17FO4S/c1-3-13(4-2,12(15)16)19(17,18)9-10-6-5-7-11(14)8-10/h5-8H,3-4,9H2,1-2H3,(H,15,16). The first-order chi connectivity index (χ1) is 8.79. The van der Waals surface area contributed by atoms with Crippen molar-refractivity contribution in [3.05, 3.63) is 35.6 Å². The van der Waals surface area contributed by atoms with Crippen LogP contribution in [0.3, 0.4) is 0 Å². The van der Waals surface area contributed by atoms with Crippen LogP contribution in [0.5, 0.6) is 0 Å². The highest BCUT2D eigenvalue weighted by Crippen LogP contribution is 2.29. The molecule has 1 aromatic carbocycles. The van der Waals surface area contributed by atoms with Crippen molar-refractivity contribution in [3.63, 3.8) is 0 Å². The number of aliphatic carboxylic acids is 1. The molecule has 0 aromatic heterocycles. The minimum absolute atomic E-state index is 0.0174. The molecule has 0 saturated heterocycles. The fourth-order valence-electron chi connectivity index (χ4n) is 2.11. The number of carboxylic acid groups (broad SMARTS) is 1. The number of hydrogen-bond donors (Lipinski definition) is 1. The van der Waals surface area contributed by atoms with Crippen molar-refractivity contribution in [1.29, 1.82) is 0 Å². The van der Waals surface area contributed by atoms with Gasteiger partial charge in [-0.05, 0) is 30.5 Å². The van der Waals surface area contributed by atoms with Crippen LogP contribution in [0.1, 0.15) is 32.3 Å². The number of sulfone groups is 1. The molecule has 1 N–H and O–H groups in total. The molecule has 1 aromatic rings. The molecule has 0 heterocycles. The Morgan fingerprint density at radius 1 is 1.32 bits per heavy atom. The smallest absolute Gasteiger partial charge is 0.325 e. The number of rotatable bonds is 6. The van der Waals surface area contributed by atoms with E-state index in [0.29, 0.717) is 0 Å². The van der Waals surface area contributed by atoms with Crippen LogP contribution >= 0.6 is 0 Å². The molecule has 1 rings (SSSR count). The number of carboxylic acids is 1. The molecule has 0 amide bonds. The summed E-state index contributed by atoms with van der Waals surface area (Å²) in [5.41, 5.74) is 0.257. The Hall–Kier alpha value is -1.43. The lowest BCUT2D eigenvalue weighted by atomic mass is 10.0. The van der Waals surface area contributed by atoms with Crippen molar-refractivity contribution in [2.75, 3.05) is 0 Å². The minimum atomic E-state index is -3.92. The summed E-state index contributed by atoms with van der Waals surface area (Å²) in [6.07, 6.45) is -0.0348. The minimum Gasteiger partial charge on any atom is -0.480 e. The van der Waals surface area contributed by atoms with Crippen molar-refractivity contribution >= 4 is 15.8 Å².